The summed E-state index contributed by atoms with van der Waals surface area (Å²) in [7, 11) is 0. The molecule has 4 aromatic rings. The molecule has 2 aromatic carbocycles. The number of carboxylic acid groups (broad SMARTS) is 1. The molecule has 2 aromatic heterocycles. The van der Waals surface area contributed by atoms with E-state index >= 15 is 0 Å². The number of aromatic amines is 2. The summed E-state index contributed by atoms with van der Waals surface area (Å²) in [6, 6.07) is 11.8. The van der Waals surface area contributed by atoms with Gasteiger partial charge in [-0.25, -0.2) is 9.89 Å². The topological polar surface area (TPSA) is 128 Å². The van der Waals surface area contributed by atoms with Crippen molar-refractivity contribution >= 4 is 17.1 Å². The lowest BCUT2D eigenvalue weighted by molar-refractivity contribution is 0.144. The maximum Gasteiger partial charge on any atom is 0.511 e. The van der Waals surface area contributed by atoms with Gasteiger partial charge < -0.3 is 19.9 Å². The van der Waals surface area contributed by atoms with Crippen LogP contribution in [-0.4, -0.2) is 31.5 Å². The second kappa shape index (κ2) is 6.83. The van der Waals surface area contributed by atoms with Gasteiger partial charge in [-0.05, 0) is 67.4 Å². The van der Waals surface area contributed by atoms with Crippen LogP contribution in [0.1, 0.15) is 11.1 Å². The van der Waals surface area contributed by atoms with E-state index in [4.69, 9.17) is 5.11 Å². The van der Waals surface area contributed by atoms with E-state index in [9.17, 15) is 14.7 Å². The Kier molecular flexibility index (Phi) is 4.31. The number of phenolic OH excluding ortho intramolecular Hbond substituents is 1. The van der Waals surface area contributed by atoms with E-state index in [1.165, 1.54) is 6.07 Å². The molecule has 4 N–H and O–H groups in total. The summed E-state index contributed by atoms with van der Waals surface area (Å²) in [5, 5.41) is 26.1. The number of aryl methyl sites for hydroxylation is 2. The van der Waals surface area contributed by atoms with Crippen LogP contribution in [0, 0.1) is 13.8 Å². The first-order chi connectivity index (χ1) is 13.8. The monoisotopic (exact) mass is 391 g/mol. The van der Waals surface area contributed by atoms with Crippen molar-refractivity contribution in [1.82, 2.24) is 15.2 Å². The van der Waals surface area contributed by atoms with Crippen LogP contribution in [0.3, 0.4) is 0 Å². The molecule has 0 radical (unpaired) electrons. The highest BCUT2D eigenvalue weighted by Crippen LogP contribution is 2.30. The molecule has 0 amide bonds. The number of nitrogens with zero attached hydrogens (tertiary/aromatic N) is 1. The van der Waals surface area contributed by atoms with Crippen LogP contribution in [0.2, 0.25) is 0 Å². The zero-order chi connectivity index (χ0) is 20.7. The molecule has 0 fully saturated rings. The summed E-state index contributed by atoms with van der Waals surface area (Å²) in [4.78, 5) is 26.3. The summed E-state index contributed by atoms with van der Waals surface area (Å²) < 4.78 is 4.67. The van der Waals surface area contributed by atoms with Crippen LogP contribution >= 0.6 is 0 Å². The van der Waals surface area contributed by atoms with Crippen LogP contribution in [0.15, 0.2) is 47.3 Å². The molecule has 2 heterocycles. The Morgan fingerprint density at radius 2 is 1.79 bits per heavy atom. The lowest BCUT2D eigenvalue weighted by atomic mass is 10.0. The Labute approximate surface area is 164 Å². The van der Waals surface area contributed by atoms with E-state index in [0.717, 1.165) is 11.1 Å². The lowest BCUT2D eigenvalue weighted by Gasteiger charge is -2.08. The molecule has 8 nitrogen and oxygen atoms in total. The van der Waals surface area contributed by atoms with Crippen molar-refractivity contribution in [1.29, 1.82) is 0 Å². The molecule has 0 bridgehead atoms. The van der Waals surface area contributed by atoms with Crippen molar-refractivity contribution in [3.8, 4) is 34.0 Å². The molecule has 0 saturated carbocycles. The molecular weight excluding hydrogens is 374 g/mol. The first-order valence-electron chi connectivity index (χ1n) is 8.76. The summed E-state index contributed by atoms with van der Waals surface area (Å²) in [6.07, 6.45) is -1.39. The Balaban J connectivity index is 1.80. The van der Waals surface area contributed by atoms with E-state index in [2.05, 4.69) is 19.9 Å². The maximum absolute atomic E-state index is 12.4. The number of phenols is 1. The molecule has 4 rings (SSSR count). The zero-order valence-corrected chi connectivity index (χ0v) is 15.6. The van der Waals surface area contributed by atoms with Gasteiger partial charge in [0, 0.05) is 16.5 Å². The number of aromatic hydroxyl groups is 1. The summed E-state index contributed by atoms with van der Waals surface area (Å²) >= 11 is 0. The second-order valence-corrected chi connectivity index (χ2v) is 6.75. The number of hydrogen-bond donors (Lipinski definition) is 4. The van der Waals surface area contributed by atoms with E-state index in [-0.39, 0.29) is 17.1 Å². The van der Waals surface area contributed by atoms with E-state index < -0.39 is 6.16 Å². The highest BCUT2D eigenvalue weighted by molar-refractivity contribution is 5.87. The number of H-pyrrole nitrogens is 2. The number of carbonyl (C=O) groups is 1. The third-order valence-electron chi connectivity index (χ3n) is 4.68. The standard InChI is InChI=1S/C21H17N3O5/c1-10-5-12(6-11(2)19(10)25)17-9-15(20(26)24-23-17)18-8-13-7-14(29-21(27)28)3-4-16(13)22-18/h3-9,22,25H,1-2H3,(H,24,26)(H,27,28). The fourth-order valence-electron chi connectivity index (χ4n) is 3.28. The van der Waals surface area contributed by atoms with E-state index in [0.29, 0.717) is 33.5 Å². The maximum atomic E-state index is 12.4. The Bertz CT molecular complexity index is 1300. The van der Waals surface area contributed by atoms with Crippen molar-refractivity contribution < 1.29 is 19.7 Å². The first-order valence-corrected chi connectivity index (χ1v) is 8.76. The molecule has 0 unspecified atom stereocenters. The van der Waals surface area contributed by atoms with E-state index in [1.54, 1.807) is 50.2 Å². The minimum atomic E-state index is -1.39. The highest BCUT2D eigenvalue weighted by atomic mass is 16.7. The number of fused-ring (bicyclic) bond motifs is 1. The van der Waals surface area contributed by atoms with Crippen molar-refractivity contribution in [2.75, 3.05) is 0 Å². The smallest absolute Gasteiger partial charge is 0.507 e. The van der Waals surface area contributed by atoms with Gasteiger partial charge in [0.15, 0.2) is 0 Å². The Morgan fingerprint density at radius 3 is 2.48 bits per heavy atom. The molecule has 0 spiro atoms. The van der Waals surface area contributed by atoms with Gasteiger partial charge >= 0.3 is 6.16 Å². The van der Waals surface area contributed by atoms with Gasteiger partial charge in [-0.3, -0.25) is 4.79 Å². The molecular formula is C21H17N3O5. The van der Waals surface area contributed by atoms with Gasteiger partial charge in [-0.2, -0.15) is 5.10 Å². The minimum Gasteiger partial charge on any atom is -0.507 e. The quantitative estimate of drug-likeness (QED) is 0.309. The van der Waals surface area contributed by atoms with Gasteiger partial charge in [0.25, 0.3) is 5.56 Å². The van der Waals surface area contributed by atoms with Crippen molar-refractivity contribution in [2.45, 2.75) is 13.8 Å². The fraction of sp³-hybridized carbons (Fsp3) is 0.0952. The number of rotatable bonds is 3. The number of nitrogens with one attached hydrogen (secondary N) is 2. The van der Waals surface area contributed by atoms with Gasteiger partial charge in [0.1, 0.15) is 11.5 Å². The largest absolute Gasteiger partial charge is 0.511 e. The molecule has 0 saturated heterocycles. The molecule has 29 heavy (non-hydrogen) atoms. The second-order valence-electron chi connectivity index (χ2n) is 6.75. The molecule has 0 atom stereocenters. The van der Waals surface area contributed by atoms with Gasteiger partial charge in [-0.1, -0.05) is 0 Å². The highest BCUT2D eigenvalue weighted by Gasteiger charge is 2.13. The summed E-state index contributed by atoms with van der Waals surface area (Å²) in [5.41, 5.74) is 4.06. The van der Waals surface area contributed by atoms with E-state index in [1.807, 2.05) is 0 Å². The van der Waals surface area contributed by atoms with Crippen LogP contribution in [0.4, 0.5) is 4.79 Å². The van der Waals surface area contributed by atoms with Crippen LogP contribution in [0.25, 0.3) is 33.4 Å². The third-order valence-corrected chi connectivity index (χ3v) is 4.68. The number of aromatic nitrogens is 3. The SMILES string of the molecule is Cc1cc(-c2cc(-c3cc4cc(OC(=O)O)ccc4[nH]3)c(=O)[nH]n2)cc(C)c1O. The average Bonchev–Trinajstić information content (AvgIpc) is 3.08. The fourth-order valence-corrected chi connectivity index (χ4v) is 3.28. The molecule has 146 valence electrons. The first kappa shape index (κ1) is 18.3. The van der Waals surface area contributed by atoms with Crippen LogP contribution < -0.4 is 10.3 Å². The lowest BCUT2D eigenvalue weighted by Crippen LogP contribution is -2.11. The van der Waals surface area contributed by atoms with Crippen molar-refractivity contribution in [3.05, 3.63) is 63.9 Å². The minimum absolute atomic E-state index is 0.190. The van der Waals surface area contributed by atoms with Gasteiger partial charge in [0.2, 0.25) is 0 Å². The average molecular weight is 391 g/mol. The third kappa shape index (κ3) is 3.43. The van der Waals surface area contributed by atoms with Crippen LogP contribution in [0.5, 0.6) is 11.5 Å². The Morgan fingerprint density at radius 1 is 1.07 bits per heavy atom. The van der Waals surface area contributed by atoms with Gasteiger partial charge in [0.05, 0.1) is 17.0 Å². The predicted molar refractivity (Wildman–Crippen MR) is 107 cm³/mol. The normalized spacial score (nSPS) is 11.0. The van der Waals surface area contributed by atoms with Crippen molar-refractivity contribution in [2.24, 2.45) is 0 Å². The summed E-state index contributed by atoms with van der Waals surface area (Å²) in [6.45, 7) is 3.60. The molecule has 8 heteroatoms. The van der Waals surface area contributed by atoms with Crippen LogP contribution in [-0.2, 0) is 0 Å². The number of hydrogen-bond acceptors (Lipinski definition) is 5. The summed E-state index contributed by atoms with van der Waals surface area (Å²) in [5.74, 6) is 0.420. The predicted octanol–water partition coefficient (Wildman–Crippen LogP) is 3.96. The zero-order valence-electron chi connectivity index (χ0n) is 15.6. The molecule has 0 aliphatic rings. The molecule has 0 aliphatic carbocycles. The Hall–Kier alpha value is -4.07. The van der Waals surface area contributed by atoms with Crippen molar-refractivity contribution in [3.63, 3.8) is 0 Å². The number of ether oxygens (including phenoxy) is 1. The number of benzene rings is 2. The van der Waals surface area contributed by atoms with Gasteiger partial charge in [-0.15, -0.1) is 0 Å². The molecule has 0 aliphatic heterocycles.